The van der Waals surface area contributed by atoms with Crippen molar-refractivity contribution < 1.29 is 0 Å². The molecule has 0 saturated carbocycles. The molecule has 2 nitrogen and oxygen atoms in total. The maximum Gasteiger partial charge on any atom is 0.0709 e. The number of rotatable bonds is 6. The molecule has 6 aromatic carbocycles. The lowest BCUT2D eigenvalue weighted by atomic mass is 9.85. The summed E-state index contributed by atoms with van der Waals surface area (Å²) in [6.07, 6.45) is 4.71. The van der Waals surface area contributed by atoms with Crippen molar-refractivity contribution in [3.05, 3.63) is 157 Å². The van der Waals surface area contributed by atoms with Crippen molar-refractivity contribution >= 4 is 44.1 Å². The average molecular weight is 551 g/mol. The van der Waals surface area contributed by atoms with E-state index in [-0.39, 0.29) is 0 Å². The molecule has 204 valence electrons. The fourth-order valence-electron chi connectivity index (χ4n) is 6.14. The topological polar surface area (TPSA) is 36.7 Å². The quantitative estimate of drug-likeness (QED) is 0.125. The molecule has 0 bridgehead atoms. The molecule has 1 heterocycles. The zero-order chi connectivity index (χ0) is 29.3. The van der Waals surface area contributed by atoms with E-state index in [9.17, 15) is 0 Å². The molecule has 0 unspecified atom stereocenters. The van der Waals surface area contributed by atoms with Gasteiger partial charge < -0.3 is 5.41 Å². The number of aromatic nitrogens is 1. The molecule has 0 amide bonds. The van der Waals surface area contributed by atoms with Gasteiger partial charge in [-0.3, -0.25) is 0 Å². The SMILES string of the molecule is C=C(/C=C\C=N)c1cccc(-c2ccc3cc(-c4c5ccccc5c(-c5cccc(C)c5)c5ccccc45)ccc3c2)n1. The summed E-state index contributed by atoms with van der Waals surface area (Å²) in [4.78, 5) is 4.85. The van der Waals surface area contributed by atoms with Gasteiger partial charge >= 0.3 is 0 Å². The molecule has 0 spiro atoms. The molecule has 1 N–H and O–H groups in total. The first kappa shape index (κ1) is 26.3. The van der Waals surface area contributed by atoms with E-state index >= 15 is 0 Å². The standard InChI is InChI=1S/C41H30N2/c1-27-10-7-12-32(24-27)40-34-13-3-5-15-36(34)41(37-16-6-4-14-35(37)40)33-22-20-29-25-31(21-19-30(29)26-33)39-18-8-17-38(43-39)28(2)11-9-23-42/h3-26,42H,2H2,1H3/b11-9-,42-23?. The van der Waals surface area contributed by atoms with Gasteiger partial charge in [0, 0.05) is 11.8 Å². The van der Waals surface area contributed by atoms with Crippen molar-refractivity contribution in [3.63, 3.8) is 0 Å². The van der Waals surface area contributed by atoms with Crippen LogP contribution < -0.4 is 0 Å². The summed E-state index contributed by atoms with van der Waals surface area (Å²) in [6.45, 7) is 6.26. The van der Waals surface area contributed by atoms with E-state index in [4.69, 9.17) is 10.4 Å². The molecule has 0 atom stereocenters. The monoisotopic (exact) mass is 550 g/mol. The Labute approximate surface area is 251 Å². The van der Waals surface area contributed by atoms with E-state index in [0.717, 1.165) is 22.5 Å². The van der Waals surface area contributed by atoms with Crippen LogP contribution in [0.1, 0.15) is 11.3 Å². The number of fused-ring (bicyclic) bond motifs is 3. The summed E-state index contributed by atoms with van der Waals surface area (Å²) in [6, 6.07) is 45.7. The van der Waals surface area contributed by atoms with Crippen molar-refractivity contribution in [2.45, 2.75) is 6.92 Å². The molecular formula is C41H30N2. The fraction of sp³-hybridized carbons (Fsp3) is 0.0244. The van der Waals surface area contributed by atoms with Crippen LogP contribution in [0.3, 0.4) is 0 Å². The number of aryl methyl sites for hydroxylation is 1. The molecule has 0 aliphatic heterocycles. The molecule has 43 heavy (non-hydrogen) atoms. The van der Waals surface area contributed by atoms with Crippen molar-refractivity contribution in [2.24, 2.45) is 0 Å². The third-order valence-electron chi connectivity index (χ3n) is 8.13. The summed E-state index contributed by atoms with van der Waals surface area (Å²) in [5, 5.41) is 14.6. The highest BCUT2D eigenvalue weighted by Crippen LogP contribution is 2.44. The number of nitrogens with zero attached hydrogens (tertiary/aromatic N) is 1. The van der Waals surface area contributed by atoms with E-state index in [1.54, 1.807) is 6.08 Å². The van der Waals surface area contributed by atoms with Crippen LogP contribution in [0, 0.1) is 12.3 Å². The van der Waals surface area contributed by atoms with Crippen LogP contribution in [0.2, 0.25) is 0 Å². The highest BCUT2D eigenvalue weighted by atomic mass is 14.7. The molecule has 0 saturated heterocycles. The second-order valence-electron chi connectivity index (χ2n) is 10.9. The van der Waals surface area contributed by atoms with Gasteiger partial charge in [-0.1, -0.05) is 121 Å². The van der Waals surface area contributed by atoms with Gasteiger partial charge in [-0.05, 0) is 97.4 Å². The Bertz CT molecular complexity index is 2180. The van der Waals surface area contributed by atoms with Crippen LogP contribution >= 0.6 is 0 Å². The first-order chi connectivity index (χ1) is 21.1. The molecule has 7 rings (SSSR count). The Kier molecular flexibility index (Phi) is 6.73. The van der Waals surface area contributed by atoms with Crippen LogP contribution in [-0.2, 0) is 0 Å². The Morgan fingerprint density at radius 3 is 1.77 bits per heavy atom. The van der Waals surface area contributed by atoms with Crippen molar-refractivity contribution in [1.29, 1.82) is 5.41 Å². The zero-order valence-electron chi connectivity index (χ0n) is 24.0. The van der Waals surface area contributed by atoms with Crippen LogP contribution in [0.25, 0.3) is 71.4 Å². The molecule has 0 fully saturated rings. The maximum atomic E-state index is 7.24. The van der Waals surface area contributed by atoms with E-state index in [0.29, 0.717) is 0 Å². The van der Waals surface area contributed by atoms with Crippen LogP contribution in [-0.4, -0.2) is 11.2 Å². The zero-order valence-corrected chi connectivity index (χ0v) is 24.0. The Morgan fingerprint density at radius 1 is 0.605 bits per heavy atom. The second-order valence-corrected chi connectivity index (χ2v) is 10.9. The first-order valence-electron chi connectivity index (χ1n) is 14.5. The second kappa shape index (κ2) is 11.0. The average Bonchev–Trinajstić information content (AvgIpc) is 3.05. The number of hydrogen-bond donors (Lipinski definition) is 1. The van der Waals surface area contributed by atoms with E-state index < -0.39 is 0 Å². The Hall–Kier alpha value is -5.60. The number of nitrogens with one attached hydrogen (secondary N) is 1. The minimum Gasteiger partial charge on any atom is -0.309 e. The highest BCUT2D eigenvalue weighted by molar-refractivity contribution is 6.21. The minimum atomic E-state index is 0.781. The lowest BCUT2D eigenvalue weighted by Crippen LogP contribution is -1.91. The van der Waals surface area contributed by atoms with Crippen LogP contribution in [0.15, 0.2) is 146 Å². The van der Waals surface area contributed by atoms with E-state index in [1.165, 1.54) is 66.3 Å². The lowest BCUT2D eigenvalue weighted by molar-refractivity contribution is 1.28. The third-order valence-corrected chi connectivity index (χ3v) is 8.13. The molecule has 7 aromatic rings. The van der Waals surface area contributed by atoms with Gasteiger partial charge in [0.05, 0.1) is 11.4 Å². The number of pyridine rings is 1. The molecule has 0 radical (unpaired) electrons. The maximum absolute atomic E-state index is 7.24. The van der Waals surface area contributed by atoms with Gasteiger partial charge in [-0.15, -0.1) is 0 Å². The lowest BCUT2D eigenvalue weighted by Gasteiger charge is -2.18. The number of allylic oxidation sites excluding steroid dienone is 3. The summed E-state index contributed by atoms with van der Waals surface area (Å²) < 4.78 is 0. The van der Waals surface area contributed by atoms with Gasteiger partial charge in [-0.25, -0.2) is 4.98 Å². The van der Waals surface area contributed by atoms with Gasteiger partial charge in [0.25, 0.3) is 0 Å². The largest absolute Gasteiger partial charge is 0.309 e. The number of benzene rings is 6. The number of hydrogen-bond acceptors (Lipinski definition) is 2. The van der Waals surface area contributed by atoms with Crippen molar-refractivity contribution in [1.82, 2.24) is 4.98 Å². The summed E-state index contributed by atoms with van der Waals surface area (Å²) in [5.74, 6) is 0. The third kappa shape index (κ3) is 4.83. The van der Waals surface area contributed by atoms with Crippen molar-refractivity contribution in [3.8, 4) is 33.5 Å². The highest BCUT2D eigenvalue weighted by Gasteiger charge is 2.17. The molecule has 0 aliphatic carbocycles. The van der Waals surface area contributed by atoms with Gasteiger partial charge in [0.15, 0.2) is 0 Å². The predicted molar refractivity (Wildman–Crippen MR) is 185 cm³/mol. The van der Waals surface area contributed by atoms with E-state index in [1.807, 2.05) is 24.3 Å². The summed E-state index contributed by atoms with van der Waals surface area (Å²) in [5.41, 5.74) is 9.81. The minimum absolute atomic E-state index is 0.781. The smallest absolute Gasteiger partial charge is 0.0709 e. The normalized spacial score (nSPS) is 11.5. The summed E-state index contributed by atoms with van der Waals surface area (Å²) in [7, 11) is 0. The summed E-state index contributed by atoms with van der Waals surface area (Å²) >= 11 is 0. The molecule has 2 heteroatoms. The van der Waals surface area contributed by atoms with Gasteiger partial charge in [0.1, 0.15) is 0 Å². The van der Waals surface area contributed by atoms with Gasteiger partial charge in [-0.2, -0.15) is 0 Å². The molecule has 1 aromatic heterocycles. The predicted octanol–water partition coefficient (Wildman–Crippen LogP) is 11.1. The molecule has 0 aliphatic rings. The Balaban J connectivity index is 1.38. The molecular weight excluding hydrogens is 520 g/mol. The first-order valence-corrected chi connectivity index (χ1v) is 14.5. The fourth-order valence-corrected chi connectivity index (χ4v) is 6.14. The Morgan fingerprint density at radius 2 is 1.16 bits per heavy atom. The van der Waals surface area contributed by atoms with Crippen LogP contribution in [0.4, 0.5) is 0 Å². The van der Waals surface area contributed by atoms with E-state index in [2.05, 4.69) is 123 Å². The van der Waals surface area contributed by atoms with Crippen LogP contribution in [0.5, 0.6) is 0 Å². The van der Waals surface area contributed by atoms with Crippen molar-refractivity contribution in [2.75, 3.05) is 0 Å². The van der Waals surface area contributed by atoms with Gasteiger partial charge in [0.2, 0.25) is 0 Å².